The van der Waals surface area contributed by atoms with Gasteiger partial charge in [0.15, 0.2) is 0 Å². The molecule has 2 aromatic rings. The number of ether oxygens (including phenoxy) is 1. The molecule has 1 aromatic carbocycles. The fraction of sp³-hybridized carbons (Fsp3) is 0.267. The third-order valence-corrected chi connectivity index (χ3v) is 2.88. The number of nitrogens with one attached hydrogen (secondary N) is 1. The van der Waals surface area contributed by atoms with Gasteiger partial charge >= 0.3 is 0 Å². The first-order chi connectivity index (χ1) is 9.20. The summed E-state index contributed by atoms with van der Waals surface area (Å²) in [6, 6.07) is 12.1. The van der Waals surface area contributed by atoms with Gasteiger partial charge in [-0.3, -0.25) is 0 Å². The largest absolute Gasteiger partial charge is 0.481 e. The third kappa shape index (κ3) is 3.37. The van der Waals surface area contributed by atoms with Gasteiger partial charge in [-0.05, 0) is 17.7 Å². The minimum absolute atomic E-state index is 0.637. The molecule has 19 heavy (non-hydrogen) atoms. The summed E-state index contributed by atoms with van der Waals surface area (Å²) in [5.74, 6) is 0.637. The third-order valence-electron chi connectivity index (χ3n) is 2.88. The second-order valence-electron chi connectivity index (χ2n) is 4.47. The molecule has 4 heteroatoms. The molecule has 0 saturated heterocycles. The molecule has 0 aliphatic carbocycles. The smallest absolute Gasteiger partial charge is 0.212 e. The molecule has 0 bridgehead atoms. The van der Waals surface area contributed by atoms with Gasteiger partial charge in [0.1, 0.15) is 0 Å². The first kappa shape index (κ1) is 13.2. The van der Waals surface area contributed by atoms with Crippen molar-refractivity contribution < 1.29 is 4.74 Å². The molecule has 4 nitrogen and oxygen atoms in total. The molecule has 1 heterocycles. The van der Waals surface area contributed by atoms with Gasteiger partial charge in [0, 0.05) is 32.9 Å². The zero-order valence-corrected chi connectivity index (χ0v) is 11.6. The van der Waals surface area contributed by atoms with Gasteiger partial charge < -0.3 is 15.0 Å². The van der Waals surface area contributed by atoms with Gasteiger partial charge in [0.25, 0.3) is 0 Å². The number of pyridine rings is 1. The molecule has 0 saturated carbocycles. The van der Waals surface area contributed by atoms with E-state index in [1.165, 1.54) is 5.69 Å². The predicted octanol–water partition coefficient (Wildman–Crippen LogP) is 2.77. The Morgan fingerprint density at radius 2 is 1.95 bits per heavy atom. The summed E-state index contributed by atoms with van der Waals surface area (Å²) in [4.78, 5) is 6.29. The fourth-order valence-corrected chi connectivity index (χ4v) is 1.85. The van der Waals surface area contributed by atoms with Gasteiger partial charge in [0.2, 0.25) is 5.88 Å². The maximum absolute atomic E-state index is 5.04. The van der Waals surface area contributed by atoms with E-state index in [0.717, 1.165) is 17.8 Å². The summed E-state index contributed by atoms with van der Waals surface area (Å²) in [5.41, 5.74) is 3.40. The van der Waals surface area contributed by atoms with Crippen molar-refractivity contribution in [2.24, 2.45) is 0 Å². The van der Waals surface area contributed by atoms with Crippen LogP contribution in [0.3, 0.4) is 0 Å². The molecule has 100 valence electrons. The lowest BCUT2D eigenvalue weighted by atomic mass is 10.2. The molecule has 0 aliphatic rings. The van der Waals surface area contributed by atoms with Crippen LogP contribution in [0.15, 0.2) is 42.6 Å². The number of hydrogen-bond donors (Lipinski definition) is 1. The first-order valence-electron chi connectivity index (χ1n) is 6.20. The highest BCUT2D eigenvalue weighted by molar-refractivity contribution is 5.69. The molecule has 0 radical (unpaired) electrons. The van der Waals surface area contributed by atoms with E-state index in [9.17, 15) is 0 Å². The first-order valence-corrected chi connectivity index (χ1v) is 6.20. The number of hydrogen-bond acceptors (Lipinski definition) is 4. The number of methoxy groups -OCH3 is 1. The van der Waals surface area contributed by atoms with Crippen LogP contribution in [0.25, 0.3) is 0 Å². The molecule has 0 spiro atoms. The maximum atomic E-state index is 5.04. The summed E-state index contributed by atoms with van der Waals surface area (Å²) in [6.07, 6.45) is 1.82. The van der Waals surface area contributed by atoms with Crippen LogP contribution < -0.4 is 15.0 Å². The van der Waals surface area contributed by atoms with Crippen LogP contribution in [-0.4, -0.2) is 26.2 Å². The quantitative estimate of drug-likeness (QED) is 0.893. The van der Waals surface area contributed by atoms with Crippen molar-refractivity contribution >= 4 is 11.4 Å². The second-order valence-corrected chi connectivity index (χ2v) is 4.47. The van der Waals surface area contributed by atoms with Crippen molar-refractivity contribution in [1.82, 2.24) is 4.98 Å². The van der Waals surface area contributed by atoms with E-state index in [-0.39, 0.29) is 0 Å². The molecular formula is C15H19N3O. The zero-order chi connectivity index (χ0) is 13.7. The highest BCUT2D eigenvalue weighted by atomic mass is 16.5. The summed E-state index contributed by atoms with van der Waals surface area (Å²) >= 11 is 0. The average molecular weight is 257 g/mol. The zero-order valence-electron chi connectivity index (χ0n) is 11.6. The van der Waals surface area contributed by atoms with Crippen molar-refractivity contribution in [3.8, 4) is 5.88 Å². The summed E-state index contributed by atoms with van der Waals surface area (Å²) in [5, 5.41) is 3.43. The molecule has 1 aromatic heterocycles. The molecule has 0 atom stereocenters. The Balaban J connectivity index is 2.05. The van der Waals surface area contributed by atoms with E-state index in [4.69, 9.17) is 4.74 Å². The van der Waals surface area contributed by atoms with Crippen LogP contribution in [0, 0.1) is 0 Å². The molecule has 0 aliphatic heterocycles. The molecular weight excluding hydrogens is 238 g/mol. The molecule has 0 fully saturated rings. The van der Waals surface area contributed by atoms with Crippen molar-refractivity contribution in [3.63, 3.8) is 0 Å². The molecule has 0 unspecified atom stereocenters. The summed E-state index contributed by atoms with van der Waals surface area (Å²) < 4.78 is 5.04. The Morgan fingerprint density at radius 1 is 1.16 bits per heavy atom. The Hall–Kier alpha value is -2.23. The fourth-order valence-electron chi connectivity index (χ4n) is 1.85. The number of aromatic nitrogens is 1. The lowest BCUT2D eigenvalue weighted by Gasteiger charge is -2.18. The van der Waals surface area contributed by atoms with Gasteiger partial charge in [0.05, 0.1) is 18.5 Å². The maximum Gasteiger partial charge on any atom is 0.212 e. The van der Waals surface area contributed by atoms with Gasteiger partial charge in [-0.2, -0.15) is 0 Å². The lowest BCUT2D eigenvalue weighted by Crippen LogP contribution is -2.12. The Labute approximate surface area is 114 Å². The highest BCUT2D eigenvalue weighted by Crippen LogP contribution is 2.24. The van der Waals surface area contributed by atoms with Crippen molar-refractivity contribution in [2.45, 2.75) is 6.54 Å². The van der Waals surface area contributed by atoms with E-state index in [1.54, 1.807) is 7.11 Å². The summed E-state index contributed by atoms with van der Waals surface area (Å²) in [6.45, 7) is 0.738. The number of nitrogens with zero attached hydrogens (tertiary/aromatic N) is 2. The molecule has 1 N–H and O–H groups in total. The monoisotopic (exact) mass is 257 g/mol. The van der Waals surface area contributed by atoms with E-state index in [1.807, 2.05) is 44.6 Å². The van der Waals surface area contributed by atoms with Crippen molar-refractivity contribution in [1.29, 1.82) is 0 Å². The van der Waals surface area contributed by atoms with Gasteiger partial charge in [-0.1, -0.05) is 18.2 Å². The lowest BCUT2D eigenvalue weighted by molar-refractivity contribution is 0.397. The van der Waals surface area contributed by atoms with E-state index < -0.39 is 0 Å². The Bertz CT molecular complexity index is 523. The van der Waals surface area contributed by atoms with Crippen LogP contribution >= 0.6 is 0 Å². The molecule has 2 rings (SSSR count). The van der Waals surface area contributed by atoms with Crippen LogP contribution in [0.5, 0.6) is 5.88 Å². The van der Waals surface area contributed by atoms with Gasteiger partial charge in [-0.25, -0.2) is 4.98 Å². The van der Waals surface area contributed by atoms with Crippen LogP contribution in [-0.2, 0) is 6.54 Å². The van der Waals surface area contributed by atoms with E-state index in [2.05, 4.69) is 27.3 Å². The number of benzene rings is 1. The average Bonchev–Trinajstić information content (AvgIpc) is 2.46. The number of anilines is 2. The standard InChI is InChI=1S/C15H19N3O/c1-18(2)14-7-5-4-6-13(14)16-10-12-8-9-15(19-3)17-11-12/h4-9,11,16H,10H2,1-3H3. The second kappa shape index (κ2) is 6.09. The highest BCUT2D eigenvalue weighted by Gasteiger charge is 2.03. The van der Waals surface area contributed by atoms with E-state index in [0.29, 0.717) is 5.88 Å². The van der Waals surface area contributed by atoms with E-state index >= 15 is 0 Å². The van der Waals surface area contributed by atoms with Crippen LogP contribution in [0.1, 0.15) is 5.56 Å². The minimum Gasteiger partial charge on any atom is -0.481 e. The number of rotatable bonds is 5. The molecule has 0 amide bonds. The minimum atomic E-state index is 0.637. The topological polar surface area (TPSA) is 37.4 Å². The van der Waals surface area contributed by atoms with Crippen LogP contribution in [0.4, 0.5) is 11.4 Å². The van der Waals surface area contributed by atoms with Crippen molar-refractivity contribution in [3.05, 3.63) is 48.2 Å². The normalized spacial score (nSPS) is 10.1. The van der Waals surface area contributed by atoms with Crippen molar-refractivity contribution in [2.75, 3.05) is 31.4 Å². The Morgan fingerprint density at radius 3 is 2.58 bits per heavy atom. The predicted molar refractivity (Wildman–Crippen MR) is 78.9 cm³/mol. The van der Waals surface area contributed by atoms with Gasteiger partial charge in [-0.15, -0.1) is 0 Å². The SMILES string of the molecule is COc1ccc(CNc2ccccc2N(C)C)cn1. The Kier molecular flexibility index (Phi) is 4.23. The number of para-hydroxylation sites is 2. The summed E-state index contributed by atoms with van der Waals surface area (Å²) in [7, 11) is 5.69. The van der Waals surface area contributed by atoms with Crippen LogP contribution in [0.2, 0.25) is 0 Å².